The average molecular weight is 827 g/mol. The summed E-state index contributed by atoms with van der Waals surface area (Å²) in [7, 11) is -1.10. The van der Waals surface area contributed by atoms with Gasteiger partial charge in [0, 0.05) is 53.6 Å². The highest BCUT2D eigenvalue weighted by atomic mass is 32.2. The molecule has 2 aliphatic heterocycles. The first kappa shape index (κ1) is 46.7. The second-order valence-electron chi connectivity index (χ2n) is 16.2. The van der Waals surface area contributed by atoms with Crippen molar-refractivity contribution in [1.82, 2.24) is 4.67 Å². The fraction of sp³-hybridized carbons (Fsp3) is 0.447. The van der Waals surface area contributed by atoms with E-state index >= 15 is 0 Å². The van der Waals surface area contributed by atoms with E-state index in [-0.39, 0.29) is 15.7 Å². The summed E-state index contributed by atoms with van der Waals surface area (Å²) in [6.07, 6.45) is 15.7. The van der Waals surface area contributed by atoms with E-state index in [0.29, 0.717) is 31.7 Å². The average Bonchev–Trinajstić information content (AvgIpc) is 3.50. The van der Waals surface area contributed by atoms with E-state index in [1.807, 2.05) is 6.92 Å². The lowest BCUT2D eigenvalue weighted by atomic mass is 9.77. The minimum Gasteiger partial charge on any atom is -0.744 e. The Kier molecular flexibility index (Phi) is 16.8. The summed E-state index contributed by atoms with van der Waals surface area (Å²) in [5, 5.41) is 8.99. The summed E-state index contributed by atoms with van der Waals surface area (Å²) < 4.78 is 48.2. The molecule has 0 amide bonds. The molecular weight excluding hydrogens is 764 g/mol. The second kappa shape index (κ2) is 20.8. The normalized spacial score (nSPS) is 18.7. The summed E-state index contributed by atoms with van der Waals surface area (Å²) in [6.45, 7) is 18.6. The van der Waals surface area contributed by atoms with Crippen LogP contribution in [0.4, 0.5) is 11.4 Å². The number of allylic oxidation sites excluding steroid dienone is 6. The van der Waals surface area contributed by atoms with Crippen LogP contribution in [-0.4, -0.2) is 67.3 Å². The van der Waals surface area contributed by atoms with Gasteiger partial charge in [-0.25, -0.2) is 13.1 Å². The molecule has 3 aromatic rings. The first-order chi connectivity index (χ1) is 27.4. The Morgan fingerprint density at radius 1 is 0.879 bits per heavy atom. The number of nitriles is 1. The lowest BCUT2D eigenvalue weighted by Gasteiger charge is -2.35. The van der Waals surface area contributed by atoms with Gasteiger partial charge in [-0.05, 0) is 98.1 Å². The van der Waals surface area contributed by atoms with E-state index in [1.54, 1.807) is 12.1 Å². The Morgan fingerprint density at radius 3 is 2.12 bits per heavy atom. The maximum absolute atomic E-state index is 10.4. The molecule has 9 nitrogen and oxygen atoms in total. The van der Waals surface area contributed by atoms with E-state index in [2.05, 4.69) is 162 Å². The predicted molar refractivity (Wildman–Crippen MR) is 238 cm³/mol. The third-order valence-corrected chi connectivity index (χ3v) is 13.9. The third kappa shape index (κ3) is 11.4. The van der Waals surface area contributed by atoms with E-state index in [4.69, 9.17) is 14.3 Å². The summed E-state index contributed by atoms with van der Waals surface area (Å²) in [5.74, 6) is 0. The van der Waals surface area contributed by atoms with Crippen molar-refractivity contribution in [2.45, 2.75) is 115 Å². The molecule has 0 fully saturated rings. The van der Waals surface area contributed by atoms with Gasteiger partial charge in [0.25, 0.3) is 8.53 Å². The smallest absolute Gasteiger partial charge is 0.259 e. The van der Waals surface area contributed by atoms with Gasteiger partial charge in [-0.3, -0.25) is 0 Å². The number of likely N-dealkylation sites (N-methyl/N-ethyl adjacent to an activating group) is 1. The van der Waals surface area contributed by atoms with Gasteiger partial charge in [0.1, 0.15) is 17.2 Å². The maximum atomic E-state index is 10.4. The molecule has 2 heterocycles. The molecule has 0 saturated heterocycles. The molecule has 3 aromatic carbocycles. The van der Waals surface area contributed by atoms with Gasteiger partial charge >= 0.3 is 0 Å². The molecule has 0 aliphatic carbocycles. The Morgan fingerprint density at radius 2 is 1.50 bits per heavy atom. The number of aryl methyl sites for hydroxylation is 1. The van der Waals surface area contributed by atoms with Gasteiger partial charge < -0.3 is 18.5 Å². The van der Waals surface area contributed by atoms with Crippen molar-refractivity contribution in [1.29, 1.82) is 5.26 Å². The quantitative estimate of drug-likeness (QED) is 0.0435. The van der Waals surface area contributed by atoms with Crippen LogP contribution in [0.15, 0.2) is 114 Å². The zero-order valence-electron chi connectivity index (χ0n) is 36.1. The SMILES string of the molecule is CC(C)N(C(C)C)P(OCCC#N)OCCCCCC1(C)\C(=C/C=C/C=C/C2=[N+](C)c3ccccc3C2(C)C)N(C)c2ccccc21.Cc1ccc(S(=O)(=O)[O-])cc1. The fourth-order valence-corrected chi connectivity index (χ4v) is 10.1. The molecule has 5 rings (SSSR count). The zero-order valence-corrected chi connectivity index (χ0v) is 37.8. The molecule has 2 unspecified atom stereocenters. The molecule has 312 valence electrons. The van der Waals surface area contributed by atoms with Gasteiger partial charge in [-0.2, -0.15) is 9.84 Å². The van der Waals surface area contributed by atoms with Crippen LogP contribution in [0.2, 0.25) is 0 Å². The zero-order chi connectivity index (χ0) is 42.7. The lowest BCUT2D eigenvalue weighted by Crippen LogP contribution is -2.33. The lowest BCUT2D eigenvalue weighted by molar-refractivity contribution is -0.401. The van der Waals surface area contributed by atoms with Crippen molar-refractivity contribution in [2.24, 2.45) is 0 Å². The van der Waals surface area contributed by atoms with Crippen molar-refractivity contribution in [3.63, 3.8) is 0 Å². The van der Waals surface area contributed by atoms with Crippen LogP contribution in [0, 0.1) is 18.3 Å². The van der Waals surface area contributed by atoms with Crippen molar-refractivity contribution in [3.05, 3.63) is 126 Å². The molecular formula is C47H63N4O5PS. The van der Waals surface area contributed by atoms with Gasteiger partial charge in [-0.15, -0.1) is 0 Å². The third-order valence-electron chi connectivity index (χ3n) is 11.0. The van der Waals surface area contributed by atoms with E-state index in [0.717, 1.165) is 31.2 Å². The summed E-state index contributed by atoms with van der Waals surface area (Å²) >= 11 is 0. The van der Waals surface area contributed by atoms with Crippen LogP contribution in [0.1, 0.15) is 97.3 Å². The molecule has 2 atom stereocenters. The largest absolute Gasteiger partial charge is 0.744 e. The van der Waals surface area contributed by atoms with Crippen molar-refractivity contribution in [2.75, 3.05) is 32.2 Å². The molecule has 0 spiro atoms. The Balaban J connectivity index is 0.000000583. The Bertz CT molecular complexity index is 2110. The molecule has 0 bridgehead atoms. The number of nitrogens with zero attached hydrogens (tertiary/aromatic N) is 4. The Hall–Kier alpha value is -3.94. The summed E-state index contributed by atoms with van der Waals surface area (Å²) in [6, 6.07) is 26.1. The topological polar surface area (TPSA) is 109 Å². The fourth-order valence-electron chi connectivity index (χ4n) is 8.01. The van der Waals surface area contributed by atoms with Crippen molar-refractivity contribution >= 4 is 35.7 Å². The number of unbranched alkanes of at least 4 members (excludes halogenated alkanes) is 2. The van der Waals surface area contributed by atoms with Gasteiger partial charge in [0.2, 0.25) is 5.69 Å². The van der Waals surface area contributed by atoms with Crippen LogP contribution in [0.25, 0.3) is 0 Å². The van der Waals surface area contributed by atoms with E-state index in [9.17, 15) is 13.0 Å². The molecule has 0 N–H and O–H groups in total. The first-order valence-corrected chi connectivity index (χ1v) is 22.8. The molecule has 0 aromatic heterocycles. The second-order valence-corrected chi connectivity index (χ2v) is 19.1. The van der Waals surface area contributed by atoms with Crippen LogP contribution >= 0.6 is 8.53 Å². The standard InChI is InChI=1S/C40H56N4O2P.C7H8O3S/c1-31(2)44(32(3)4)47(46-30-20-28-41)45-29-19-11-18-27-40(7)34-22-15-17-24-36(34)43(9)38(40)26-13-10-12-25-37-39(5,6)33-21-14-16-23-35(33)42(37)8;1-6-2-4-7(5-3-6)11(8,9)10/h10,12-17,21-26,31-32H,11,18-20,27,29-30H2,1-9H3;2-5H,1H3,(H,8,9,10)/q+1;/p-1. The van der Waals surface area contributed by atoms with Crippen LogP contribution in [0.5, 0.6) is 0 Å². The molecule has 11 heteroatoms. The maximum Gasteiger partial charge on any atom is 0.259 e. The van der Waals surface area contributed by atoms with Gasteiger partial charge in [-0.1, -0.05) is 85.2 Å². The molecule has 0 saturated carbocycles. The highest BCUT2D eigenvalue weighted by molar-refractivity contribution is 7.85. The Labute approximate surface area is 350 Å². The number of rotatable bonds is 17. The summed E-state index contributed by atoms with van der Waals surface area (Å²) in [5.41, 5.74) is 8.82. The molecule has 58 heavy (non-hydrogen) atoms. The van der Waals surface area contributed by atoms with E-state index < -0.39 is 18.6 Å². The first-order valence-electron chi connectivity index (χ1n) is 20.3. The highest BCUT2D eigenvalue weighted by Gasteiger charge is 2.43. The minimum atomic E-state index is -4.27. The van der Waals surface area contributed by atoms with Gasteiger partial charge in [0.05, 0.1) is 36.0 Å². The van der Waals surface area contributed by atoms with Gasteiger partial charge in [0.15, 0.2) is 5.71 Å². The molecule has 0 radical (unpaired) electrons. The van der Waals surface area contributed by atoms with Crippen LogP contribution in [-0.2, 0) is 30.0 Å². The minimum absolute atomic E-state index is 0.0281. The monoisotopic (exact) mass is 826 g/mol. The van der Waals surface area contributed by atoms with E-state index in [1.165, 1.54) is 46.0 Å². The predicted octanol–water partition coefficient (Wildman–Crippen LogP) is 10.8. The molecule has 2 aliphatic rings. The van der Waals surface area contributed by atoms with Crippen LogP contribution in [0.3, 0.4) is 0 Å². The number of benzene rings is 3. The van der Waals surface area contributed by atoms with Crippen molar-refractivity contribution < 1.29 is 26.6 Å². The number of anilines is 1. The highest BCUT2D eigenvalue weighted by Crippen LogP contribution is 2.50. The van der Waals surface area contributed by atoms with Crippen LogP contribution < -0.4 is 4.90 Å². The number of hydrogen-bond acceptors (Lipinski definition) is 8. The summed E-state index contributed by atoms with van der Waals surface area (Å²) in [4.78, 5) is 2.19. The van der Waals surface area contributed by atoms with Crippen molar-refractivity contribution in [3.8, 4) is 6.07 Å². The number of para-hydroxylation sites is 2. The number of hydrogen-bond donors (Lipinski definition) is 0. The number of fused-ring (bicyclic) bond motifs is 2.